The van der Waals surface area contributed by atoms with Crippen LogP contribution in [-0.2, 0) is 4.79 Å². The van der Waals surface area contributed by atoms with Crippen LogP contribution in [-0.4, -0.2) is 72.2 Å². The van der Waals surface area contributed by atoms with Gasteiger partial charge in [0.2, 0.25) is 23.8 Å². The van der Waals surface area contributed by atoms with Crippen molar-refractivity contribution < 1.29 is 4.79 Å². The molecule has 0 radical (unpaired) electrons. The van der Waals surface area contributed by atoms with Gasteiger partial charge in [-0.1, -0.05) is 0 Å². The lowest BCUT2D eigenvalue weighted by molar-refractivity contribution is -0.122. The molecule has 29 heavy (non-hydrogen) atoms. The molecule has 10 heteroatoms. The van der Waals surface area contributed by atoms with Crippen LogP contribution in [0.3, 0.4) is 0 Å². The highest BCUT2D eigenvalue weighted by Gasteiger charge is 2.28. The quantitative estimate of drug-likeness (QED) is 0.602. The minimum atomic E-state index is -0.212. The maximum Gasteiger partial charge on any atom is 0.231 e. The van der Waals surface area contributed by atoms with Gasteiger partial charge in [0, 0.05) is 57.3 Å². The molecule has 1 aromatic heterocycles. The number of hydrogen-bond donors (Lipinski definition) is 3. The zero-order valence-corrected chi connectivity index (χ0v) is 17.0. The van der Waals surface area contributed by atoms with Crippen molar-refractivity contribution in [1.29, 1.82) is 0 Å². The molecular formula is C19H33N9O. The van der Waals surface area contributed by atoms with Crippen molar-refractivity contribution in [2.24, 2.45) is 23.1 Å². The van der Waals surface area contributed by atoms with Crippen LogP contribution in [0.15, 0.2) is 0 Å². The number of carbonyl (C=O) groups is 1. The monoisotopic (exact) mass is 403 g/mol. The van der Waals surface area contributed by atoms with Crippen molar-refractivity contribution in [1.82, 2.24) is 15.0 Å². The second-order valence-electron chi connectivity index (χ2n) is 8.55. The van der Waals surface area contributed by atoms with E-state index >= 15 is 0 Å². The zero-order valence-electron chi connectivity index (χ0n) is 17.0. The number of piperidine rings is 3. The van der Waals surface area contributed by atoms with Crippen LogP contribution in [0.4, 0.5) is 17.8 Å². The summed E-state index contributed by atoms with van der Waals surface area (Å²) < 4.78 is 0. The van der Waals surface area contributed by atoms with Gasteiger partial charge in [-0.05, 0) is 38.5 Å². The Morgan fingerprint density at radius 3 is 1.28 bits per heavy atom. The van der Waals surface area contributed by atoms with Gasteiger partial charge in [-0.25, -0.2) is 0 Å². The molecule has 1 aromatic rings. The number of carbonyl (C=O) groups excluding carboxylic acids is 1. The van der Waals surface area contributed by atoms with Crippen LogP contribution in [0, 0.1) is 5.92 Å². The summed E-state index contributed by atoms with van der Waals surface area (Å²) in [6, 6.07) is 0.506. The van der Waals surface area contributed by atoms with Crippen LogP contribution in [0.2, 0.25) is 0 Å². The van der Waals surface area contributed by atoms with Crippen LogP contribution in [0.1, 0.15) is 38.5 Å². The molecule has 3 fully saturated rings. The summed E-state index contributed by atoms with van der Waals surface area (Å²) in [6.07, 6.45) is 5.25. The summed E-state index contributed by atoms with van der Waals surface area (Å²) in [5.74, 6) is 1.88. The maximum absolute atomic E-state index is 11.5. The Morgan fingerprint density at radius 2 is 0.966 bits per heavy atom. The molecule has 0 spiro atoms. The fraction of sp³-hybridized carbons (Fsp3) is 0.789. The first-order valence-electron chi connectivity index (χ1n) is 10.8. The van der Waals surface area contributed by atoms with Gasteiger partial charge in [-0.3, -0.25) is 4.79 Å². The zero-order chi connectivity index (χ0) is 20.4. The number of anilines is 3. The summed E-state index contributed by atoms with van der Waals surface area (Å²) in [7, 11) is 0. The van der Waals surface area contributed by atoms with Crippen molar-refractivity contribution in [3.63, 3.8) is 0 Å². The van der Waals surface area contributed by atoms with E-state index < -0.39 is 0 Å². The SMILES string of the molecule is NC(=O)C1CCN(c2nc(N3CCC(N)CC3)nc(N3CCC(N)CC3)n2)CC1. The molecular weight excluding hydrogens is 370 g/mol. The van der Waals surface area contributed by atoms with E-state index in [1.807, 2.05) is 0 Å². The van der Waals surface area contributed by atoms with Crippen molar-refractivity contribution in [3.8, 4) is 0 Å². The van der Waals surface area contributed by atoms with Gasteiger partial charge in [0.15, 0.2) is 0 Å². The maximum atomic E-state index is 11.5. The predicted molar refractivity (Wildman–Crippen MR) is 113 cm³/mol. The van der Waals surface area contributed by atoms with E-state index in [0.29, 0.717) is 5.95 Å². The largest absolute Gasteiger partial charge is 0.369 e. The number of primary amides is 1. The Morgan fingerprint density at radius 1 is 0.655 bits per heavy atom. The summed E-state index contributed by atoms with van der Waals surface area (Å²) in [5, 5.41) is 0. The van der Waals surface area contributed by atoms with E-state index in [4.69, 9.17) is 32.2 Å². The Labute approximate surface area is 171 Å². The standard InChI is InChI=1S/C19H33N9O/c20-14-3-9-27(10-4-14)18-23-17(26-7-1-13(2-8-26)16(22)29)24-19(25-18)28-11-5-15(21)6-12-28/h13-15H,1-12,20-21H2,(H2,22,29). The predicted octanol–water partition coefficient (Wildman–Crippen LogP) is -0.572. The smallest absolute Gasteiger partial charge is 0.231 e. The van der Waals surface area contributed by atoms with Crippen LogP contribution < -0.4 is 31.9 Å². The van der Waals surface area contributed by atoms with Gasteiger partial charge < -0.3 is 31.9 Å². The number of aromatic nitrogens is 3. The topological polar surface area (TPSA) is 144 Å². The second-order valence-corrected chi connectivity index (χ2v) is 8.55. The molecule has 0 aromatic carbocycles. The van der Waals surface area contributed by atoms with Gasteiger partial charge in [0.1, 0.15) is 0 Å². The number of amides is 1. The fourth-order valence-electron chi connectivity index (χ4n) is 4.33. The number of hydrogen-bond acceptors (Lipinski definition) is 9. The van der Waals surface area contributed by atoms with Gasteiger partial charge in [-0.2, -0.15) is 15.0 Å². The van der Waals surface area contributed by atoms with Crippen LogP contribution in [0.25, 0.3) is 0 Å². The molecule has 0 unspecified atom stereocenters. The van der Waals surface area contributed by atoms with E-state index in [9.17, 15) is 4.79 Å². The Bertz CT molecular complexity index is 665. The molecule has 4 heterocycles. The molecule has 3 aliphatic rings. The van der Waals surface area contributed by atoms with E-state index in [2.05, 4.69) is 14.7 Å². The minimum Gasteiger partial charge on any atom is -0.369 e. The van der Waals surface area contributed by atoms with E-state index in [0.717, 1.165) is 89.7 Å². The lowest BCUT2D eigenvalue weighted by Gasteiger charge is -2.35. The lowest BCUT2D eigenvalue weighted by Crippen LogP contribution is -2.43. The van der Waals surface area contributed by atoms with Crippen molar-refractivity contribution >= 4 is 23.8 Å². The number of nitrogens with two attached hydrogens (primary N) is 3. The normalized spacial score (nSPS) is 22.9. The minimum absolute atomic E-state index is 0.0563. The Balaban J connectivity index is 1.57. The summed E-state index contributed by atoms with van der Waals surface area (Å²) in [6.45, 7) is 4.90. The van der Waals surface area contributed by atoms with Gasteiger partial charge in [-0.15, -0.1) is 0 Å². The Hall–Kier alpha value is -2.20. The van der Waals surface area contributed by atoms with Crippen LogP contribution >= 0.6 is 0 Å². The van der Waals surface area contributed by atoms with E-state index in [1.165, 1.54) is 0 Å². The van der Waals surface area contributed by atoms with Crippen LogP contribution in [0.5, 0.6) is 0 Å². The molecule has 3 saturated heterocycles. The van der Waals surface area contributed by atoms with Crippen molar-refractivity contribution in [2.75, 3.05) is 54.0 Å². The van der Waals surface area contributed by atoms with Crippen molar-refractivity contribution in [2.45, 2.75) is 50.6 Å². The van der Waals surface area contributed by atoms with Crippen molar-refractivity contribution in [3.05, 3.63) is 0 Å². The first kappa shape index (κ1) is 20.1. The van der Waals surface area contributed by atoms with Gasteiger partial charge in [0.25, 0.3) is 0 Å². The Kier molecular flexibility index (Phi) is 6.00. The molecule has 10 nitrogen and oxygen atoms in total. The lowest BCUT2D eigenvalue weighted by atomic mass is 9.96. The molecule has 160 valence electrons. The van der Waals surface area contributed by atoms with E-state index in [-0.39, 0.29) is 23.9 Å². The van der Waals surface area contributed by atoms with Gasteiger partial charge in [0.05, 0.1) is 0 Å². The average molecular weight is 404 g/mol. The summed E-state index contributed by atoms with van der Waals surface area (Å²) in [4.78, 5) is 32.5. The summed E-state index contributed by atoms with van der Waals surface area (Å²) >= 11 is 0. The third-order valence-corrected chi connectivity index (χ3v) is 6.43. The highest BCUT2D eigenvalue weighted by molar-refractivity contribution is 5.76. The molecule has 6 N–H and O–H groups in total. The van der Waals surface area contributed by atoms with Gasteiger partial charge >= 0.3 is 0 Å². The molecule has 4 rings (SSSR count). The molecule has 0 aliphatic carbocycles. The molecule has 0 atom stereocenters. The third-order valence-electron chi connectivity index (χ3n) is 6.43. The first-order chi connectivity index (χ1) is 14.0. The summed E-state index contributed by atoms with van der Waals surface area (Å²) in [5.41, 5.74) is 17.6. The molecule has 0 bridgehead atoms. The number of nitrogens with zero attached hydrogens (tertiary/aromatic N) is 6. The molecule has 1 amide bonds. The highest BCUT2D eigenvalue weighted by atomic mass is 16.1. The fourth-order valence-corrected chi connectivity index (χ4v) is 4.33. The molecule has 3 aliphatic heterocycles. The number of rotatable bonds is 4. The highest BCUT2D eigenvalue weighted by Crippen LogP contribution is 2.26. The van der Waals surface area contributed by atoms with E-state index in [1.54, 1.807) is 0 Å². The average Bonchev–Trinajstić information content (AvgIpc) is 2.74. The first-order valence-corrected chi connectivity index (χ1v) is 10.8. The molecule has 0 saturated carbocycles. The third kappa shape index (κ3) is 4.69. The second kappa shape index (κ2) is 8.66.